The van der Waals surface area contributed by atoms with E-state index in [1.165, 1.54) is 21.9 Å². The molecule has 0 aliphatic carbocycles. The van der Waals surface area contributed by atoms with Crippen molar-refractivity contribution in [1.82, 2.24) is 10.2 Å². The normalized spacial score (nSPS) is 11.0. The molecule has 0 radical (unpaired) electrons. The van der Waals surface area contributed by atoms with Gasteiger partial charge in [0.1, 0.15) is 0 Å². The Bertz CT molecular complexity index is 871. The molecule has 0 aliphatic heterocycles. The highest BCUT2D eigenvalue weighted by molar-refractivity contribution is 5.85. The van der Waals surface area contributed by atoms with Gasteiger partial charge in [0, 0.05) is 13.1 Å². The van der Waals surface area contributed by atoms with Crippen molar-refractivity contribution < 1.29 is 4.79 Å². The number of fused-ring (bicyclic) bond motifs is 1. The van der Waals surface area contributed by atoms with Crippen LogP contribution in [-0.2, 0) is 24.3 Å². The maximum Gasteiger partial charge on any atom is 0.224 e. The Morgan fingerprint density at radius 3 is 2.32 bits per heavy atom. The molecule has 3 rings (SSSR count). The Kier molecular flexibility index (Phi) is 5.46. The highest BCUT2D eigenvalue weighted by Gasteiger charge is 2.07. The lowest BCUT2D eigenvalue weighted by atomic mass is 10.0. The number of nitrogens with one attached hydrogen (secondary N) is 1. The second-order valence-electron chi connectivity index (χ2n) is 6.64. The van der Waals surface area contributed by atoms with Crippen LogP contribution in [0.3, 0.4) is 0 Å². The summed E-state index contributed by atoms with van der Waals surface area (Å²) in [7, 11) is 4.10. The summed E-state index contributed by atoms with van der Waals surface area (Å²) in [6.45, 7) is 1.44. The molecule has 0 saturated carbocycles. The standard InChI is InChI=1S/C22H24N2O/c1-24(2)16-21-10-6-5-9-20(21)15-23-22(25)14-17-11-12-18-7-3-4-8-19(18)13-17/h3-13H,14-16H2,1-2H3,(H,23,25). The van der Waals surface area contributed by atoms with Crippen LogP contribution in [0.15, 0.2) is 66.7 Å². The van der Waals surface area contributed by atoms with E-state index in [1.807, 2.05) is 30.3 Å². The van der Waals surface area contributed by atoms with E-state index in [0.717, 1.165) is 12.1 Å². The van der Waals surface area contributed by atoms with Gasteiger partial charge in [0.15, 0.2) is 0 Å². The molecule has 3 nitrogen and oxygen atoms in total. The van der Waals surface area contributed by atoms with Gasteiger partial charge in [-0.2, -0.15) is 0 Å². The van der Waals surface area contributed by atoms with E-state index in [-0.39, 0.29) is 5.91 Å². The van der Waals surface area contributed by atoms with Crippen molar-refractivity contribution in [1.29, 1.82) is 0 Å². The summed E-state index contributed by atoms with van der Waals surface area (Å²) < 4.78 is 0. The van der Waals surface area contributed by atoms with E-state index in [4.69, 9.17) is 0 Å². The van der Waals surface area contributed by atoms with Crippen molar-refractivity contribution in [2.45, 2.75) is 19.5 Å². The molecule has 0 fully saturated rings. The second kappa shape index (κ2) is 7.95. The van der Waals surface area contributed by atoms with Crippen LogP contribution in [0.1, 0.15) is 16.7 Å². The van der Waals surface area contributed by atoms with Gasteiger partial charge in [0.2, 0.25) is 5.91 Å². The first kappa shape index (κ1) is 17.2. The molecule has 0 heterocycles. The lowest BCUT2D eigenvalue weighted by Gasteiger charge is -2.14. The van der Waals surface area contributed by atoms with Gasteiger partial charge >= 0.3 is 0 Å². The van der Waals surface area contributed by atoms with Crippen molar-refractivity contribution in [2.75, 3.05) is 14.1 Å². The minimum atomic E-state index is 0.0509. The minimum absolute atomic E-state index is 0.0509. The average Bonchev–Trinajstić information content (AvgIpc) is 2.60. The number of carbonyl (C=O) groups is 1. The molecular weight excluding hydrogens is 308 g/mol. The molecule has 1 N–H and O–H groups in total. The third-order valence-electron chi connectivity index (χ3n) is 4.26. The molecule has 1 amide bonds. The number of hydrogen-bond acceptors (Lipinski definition) is 2. The number of rotatable bonds is 6. The van der Waals surface area contributed by atoms with Crippen LogP contribution >= 0.6 is 0 Å². The molecule has 25 heavy (non-hydrogen) atoms. The van der Waals surface area contributed by atoms with Gasteiger partial charge < -0.3 is 10.2 Å². The Morgan fingerprint density at radius 2 is 1.56 bits per heavy atom. The molecule has 0 aromatic heterocycles. The monoisotopic (exact) mass is 332 g/mol. The molecule has 0 spiro atoms. The van der Waals surface area contributed by atoms with Gasteiger partial charge in [0.25, 0.3) is 0 Å². The van der Waals surface area contributed by atoms with Crippen LogP contribution in [0.25, 0.3) is 10.8 Å². The highest BCUT2D eigenvalue weighted by atomic mass is 16.1. The summed E-state index contributed by atoms with van der Waals surface area (Å²) in [4.78, 5) is 14.5. The SMILES string of the molecule is CN(C)Cc1ccccc1CNC(=O)Cc1ccc2ccccc2c1. The number of hydrogen-bond donors (Lipinski definition) is 1. The molecule has 128 valence electrons. The molecule has 0 unspecified atom stereocenters. The molecule has 0 bridgehead atoms. The van der Waals surface area contributed by atoms with E-state index >= 15 is 0 Å². The summed E-state index contributed by atoms with van der Waals surface area (Å²) in [5.41, 5.74) is 3.46. The first-order valence-corrected chi connectivity index (χ1v) is 8.58. The van der Waals surface area contributed by atoms with Gasteiger partial charge in [-0.25, -0.2) is 0 Å². The summed E-state index contributed by atoms with van der Waals surface area (Å²) in [6.07, 6.45) is 0.403. The molecule has 0 atom stereocenters. The van der Waals surface area contributed by atoms with Crippen LogP contribution in [0, 0.1) is 0 Å². The Labute approximate surface area is 149 Å². The van der Waals surface area contributed by atoms with Crippen molar-refractivity contribution >= 4 is 16.7 Å². The summed E-state index contributed by atoms with van der Waals surface area (Å²) in [6, 6.07) is 22.7. The van der Waals surface area contributed by atoms with Gasteiger partial charge in [-0.3, -0.25) is 4.79 Å². The number of carbonyl (C=O) groups excluding carboxylic acids is 1. The maximum atomic E-state index is 12.3. The van der Waals surface area contributed by atoms with Gasteiger partial charge in [0.05, 0.1) is 6.42 Å². The first-order valence-electron chi connectivity index (χ1n) is 8.58. The third-order valence-corrected chi connectivity index (χ3v) is 4.26. The van der Waals surface area contributed by atoms with Crippen molar-refractivity contribution in [3.05, 3.63) is 83.4 Å². The smallest absolute Gasteiger partial charge is 0.224 e. The lowest BCUT2D eigenvalue weighted by Crippen LogP contribution is -2.25. The fourth-order valence-corrected chi connectivity index (χ4v) is 3.02. The van der Waals surface area contributed by atoms with Crippen LogP contribution in [-0.4, -0.2) is 24.9 Å². The minimum Gasteiger partial charge on any atom is -0.352 e. The lowest BCUT2D eigenvalue weighted by molar-refractivity contribution is -0.120. The quantitative estimate of drug-likeness (QED) is 0.745. The van der Waals surface area contributed by atoms with Crippen molar-refractivity contribution in [3.8, 4) is 0 Å². The van der Waals surface area contributed by atoms with E-state index < -0.39 is 0 Å². The average molecular weight is 332 g/mol. The second-order valence-corrected chi connectivity index (χ2v) is 6.64. The maximum absolute atomic E-state index is 12.3. The zero-order chi connectivity index (χ0) is 17.6. The van der Waals surface area contributed by atoms with Crippen LogP contribution in [0.5, 0.6) is 0 Å². The van der Waals surface area contributed by atoms with E-state index in [1.54, 1.807) is 0 Å². The molecular formula is C22H24N2O. The van der Waals surface area contributed by atoms with E-state index in [0.29, 0.717) is 13.0 Å². The Hall–Kier alpha value is -2.65. The molecule has 3 heteroatoms. The largest absolute Gasteiger partial charge is 0.352 e. The van der Waals surface area contributed by atoms with Crippen LogP contribution in [0.2, 0.25) is 0 Å². The summed E-state index contributed by atoms with van der Waals surface area (Å²) >= 11 is 0. The van der Waals surface area contributed by atoms with Gasteiger partial charge in [-0.1, -0.05) is 66.7 Å². The Morgan fingerprint density at radius 1 is 0.880 bits per heavy atom. The summed E-state index contributed by atoms with van der Waals surface area (Å²) in [5, 5.41) is 5.42. The molecule has 3 aromatic rings. The third kappa shape index (κ3) is 4.68. The van der Waals surface area contributed by atoms with Crippen molar-refractivity contribution in [2.24, 2.45) is 0 Å². The number of amides is 1. The number of nitrogens with zero attached hydrogens (tertiary/aromatic N) is 1. The predicted molar refractivity (Wildman–Crippen MR) is 103 cm³/mol. The molecule has 3 aromatic carbocycles. The zero-order valence-corrected chi connectivity index (χ0v) is 14.8. The van der Waals surface area contributed by atoms with Crippen molar-refractivity contribution in [3.63, 3.8) is 0 Å². The first-order chi connectivity index (χ1) is 12.1. The van der Waals surface area contributed by atoms with E-state index in [9.17, 15) is 4.79 Å². The Balaban J connectivity index is 1.63. The van der Waals surface area contributed by atoms with Gasteiger partial charge in [-0.05, 0) is 41.6 Å². The highest BCUT2D eigenvalue weighted by Crippen LogP contribution is 2.16. The molecule has 0 saturated heterocycles. The molecule has 0 aliphatic rings. The fraction of sp³-hybridized carbons (Fsp3) is 0.227. The van der Waals surface area contributed by atoms with Crippen LogP contribution in [0.4, 0.5) is 0 Å². The number of benzene rings is 3. The topological polar surface area (TPSA) is 32.3 Å². The fourth-order valence-electron chi connectivity index (χ4n) is 3.02. The van der Waals surface area contributed by atoms with Crippen LogP contribution < -0.4 is 5.32 Å². The summed E-state index contributed by atoms with van der Waals surface area (Å²) in [5.74, 6) is 0.0509. The predicted octanol–water partition coefficient (Wildman–Crippen LogP) is 3.76. The van der Waals surface area contributed by atoms with Gasteiger partial charge in [-0.15, -0.1) is 0 Å². The zero-order valence-electron chi connectivity index (χ0n) is 14.8. The van der Waals surface area contributed by atoms with E-state index in [2.05, 4.69) is 60.7 Å².